The number of Topliss-reactive ketones (excluding diaryl/α,β-unsaturated/α-hetero) is 2. The van der Waals surface area contributed by atoms with Gasteiger partial charge in [0.05, 0.1) is 12.1 Å². The Morgan fingerprint density at radius 3 is 2.52 bits per heavy atom. The van der Waals surface area contributed by atoms with Crippen molar-refractivity contribution in [3.05, 3.63) is 22.5 Å². The van der Waals surface area contributed by atoms with Crippen molar-refractivity contribution in [2.45, 2.75) is 58.3 Å². The molecule has 0 aliphatic heterocycles. The summed E-state index contributed by atoms with van der Waals surface area (Å²) in [5, 5.41) is 23.7. The zero-order valence-electron chi connectivity index (χ0n) is 18.2. The molecule has 13 nitrogen and oxygen atoms in total. The Labute approximate surface area is 179 Å². The van der Waals surface area contributed by atoms with Gasteiger partial charge >= 0.3 is 11.9 Å². The van der Waals surface area contributed by atoms with Crippen molar-refractivity contribution < 1.29 is 34.0 Å². The number of imidazole rings is 1. The lowest BCUT2D eigenvalue weighted by atomic mass is 10.0. The summed E-state index contributed by atoms with van der Waals surface area (Å²) in [4.78, 5) is 54.6. The quantitative estimate of drug-likeness (QED) is 0.111. The molecule has 174 valence electrons. The summed E-state index contributed by atoms with van der Waals surface area (Å²) in [7, 11) is 0. The summed E-state index contributed by atoms with van der Waals surface area (Å²) >= 11 is 0. The van der Waals surface area contributed by atoms with Crippen molar-refractivity contribution in [1.29, 1.82) is 0 Å². The smallest absolute Gasteiger partial charge is 0.434 e. The number of hydrogen-bond acceptors (Lipinski definition) is 11. The maximum Gasteiger partial charge on any atom is 0.434 e. The number of carbonyl (C=O) groups is 3. The first-order valence-corrected chi connectivity index (χ1v) is 9.48. The number of rotatable bonds is 14. The van der Waals surface area contributed by atoms with Crippen molar-refractivity contribution >= 4 is 23.5 Å². The topological polar surface area (TPSA) is 175 Å². The van der Waals surface area contributed by atoms with E-state index in [0.717, 1.165) is 4.57 Å². The van der Waals surface area contributed by atoms with Crippen molar-refractivity contribution in [2.75, 3.05) is 19.8 Å². The fourth-order valence-electron chi connectivity index (χ4n) is 2.20. The van der Waals surface area contributed by atoms with Crippen molar-refractivity contribution in [1.82, 2.24) is 20.3 Å². The largest absolute Gasteiger partial charge is 0.457 e. The number of ether oxygens (including phenoxy) is 1. The summed E-state index contributed by atoms with van der Waals surface area (Å²) in [5.41, 5.74) is 0.347. The van der Waals surface area contributed by atoms with Crippen LogP contribution in [0.4, 0.5) is 5.95 Å². The van der Waals surface area contributed by atoms with Crippen molar-refractivity contribution in [3.63, 3.8) is 0 Å². The Morgan fingerprint density at radius 1 is 1.29 bits per heavy atom. The van der Waals surface area contributed by atoms with Gasteiger partial charge in [-0.05, 0) is 39.5 Å². The molecule has 0 amide bonds. The molecule has 0 aromatic carbocycles. The van der Waals surface area contributed by atoms with E-state index in [1.165, 1.54) is 33.2 Å². The Bertz CT molecular complexity index is 805. The van der Waals surface area contributed by atoms with Gasteiger partial charge in [-0.2, -0.15) is 5.48 Å². The van der Waals surface area contributed by atoms with Gasteiger partial charge in [-0.15, -0.1) is 0 Å². The molecule has 13 heteroatoms. The second-order valence-electron chi connectivity index (χ2n) is 7.90. The predicted octanol–water partition coefficient (Wildman–Crippen LogP) is -0.478. The van der Waals surface area contributed by atoms with Crippen LogP contribution in [-0.2, 0) is 30.5 Å². The third-order valence-corrected chi connectivity index (χ3v) is 4.40. The normalized spacial score (nSPS) is 13.0. The molecule has 0 fully saturated rings. The minimum Gasteiger partial charge on any atom is -0.457 e. The van der Waals surface area contributed by atoms with Crippen LogP contribution in [0.3, 0.4) is 0 Å². The summed E-state index contributed by atoms with van der Waals surface area (Å²) in [6.07, 6.45) is 1.21. The van der Waals surface area contributed by atoms with Gasteiger partial charge in [0.25, 0.3) is 5.78 Å². The highest BCUT2D eigenvalue weighted by atomic mass is 16.6. The highest BCUT2D eigenvalue weighted by Gasteiger charge is 2.35. The second kappa shape index (κ2) is 11.0. The monoisotopic (exact) mass is 443 g/mol. The van der Waals surface area contributed by atoms with Crippen LogP contribution >= 0.6 is 0 Å². The van der Waals surface area contributed by atoms with Crippen molar-refractivity contribution in [2.24, 2.45) is 0 Å². The SMILES string of the molecule is CC(=O)C(C)(C)NCCONC(C)(C)C(=O)C(=O)OCC(O)Cn1ccnc1[N+](=O)[O-]. The average Bonchev–Trinajstić information content (AvgIpc) is 3.13. The van der Waals surface area contributed by atoms with Crippen LogP contribution in [0.1, 0.15) is 34.6 Å². The van der Waals surface area contributed by atoms with Gasteiger partial charge in [-0.1, -0.05) is 4.98 Å². The second-order valence-corrected chi connectivity index (χ2v) is 7.90. The number of aliphatic hydroxyl groups excluding tert-OH is 1. The van der Waals surface area contributed by atoms with E-state index in [0.29, 0.717) is 6.54 Å². The van der Waals surface area contributed by atoms with E-state index in [9.17, 15) is 29.6 Å². The van der Waals surface area contributed by atoms with Gasteiger partial charge < -0.3 is 25.3 Å². The summed E-state index contributed by atoms with van der Waals surface area (Å²) in [5.74, 6) is -2.64. The minimum absolute atomic E-state index is 0.0384. The molecule has 1 unspecified atom stereocenters. The Hall–Kier alpha value is -2.74. The highest BCUT2D eigenvalue weighted by Crippen LogP contribution is 2.10. The number of nitro groups is 1. The van der Waals surface area contributed by atoms with E-state index < -0.39 is 46.4 Å². The lowest BCUT2D eigenvalue weighted by Crippen LogP contribution is -2.52. The Kier molecular flexibility index (Phi) is 9.37. The van der Waals surface area contributed by atoms with Gasteiger partial charge in [-0.25, -0.2) is 9.36 Å². The van der Waals surface area contributed by atoms with E-state index in [1.54, 1.807) is 13.8 Å². The molecule has 1 aromatic rings. The highest BCUT2D eigenvalue weighted by molar-refractivity contribution is 6.37. The predicted molar refractivity (Wildman–Crippen MR) is 107 cm³/mol. The standard InChI is InChI=1S/C18H29N5O8/c1-12(24)17(2,3)20-7-9-31-21-18(4,5)14(26)15(27)30-11-13(25)10-22-8-6-19-16(22)23(28)29/h6,8,13,20-21,25H,7,9-11H2,1-5H3. The van der Waals surface area contributed by atoms with E-state index in [4.69, 9.17) is 9.57 Å². The number of carbonyl (C=O) groups excluding carboxylic acids is 3. The molecular weight excluding hydrogens is 414 g/mol. The zero-order valence-corrected chi connectivity index (χ0v) is 18.2. The summed E-state index contributed by atoms with van der Waals surface area (Å²) in [6, 6.07) is 0. The van der Waals surface area contributed by atoms with Gasteiger partial charge in [0.15, 0.2) is 0 Å². The van der Waals surface area contributed by atoms with Gasteiger partial charge in [0.2, 0.25) is 0 Å². The number of esters is 1. The average molecular weight is 443 g/mol. The van der Waals surface area contributed by atoms with Gasteiger partial charge in [0.1, 0.15) is 43.0 Å². The molecule has 0 saturated heterocycles. The zero-order chi connectivity index (χ0) is 23.8. The summed E-state index contributed by atoms with van der Waals surface area (Å²) < 4.78 is 5.90. The van der Waals surface area contributed by atoms with E-state index in [-0.39, 0.29) is 18.9 Å². The van der Waals surface area contributed by atoms with Crippen LogP contribution in [0.2, 0.25) is 0 Å². The third kappa shape index (κ3) is 8.13. The molecule has 31 heavy (non-hydrogen) atoms. The van der Waals surface area contributed by atoms with E-state index >= 15 is 0 Å². The lowest BCUT2D eigenvalue weighted by Gasteiger charge is -2.25. The number of aliphatic hydroxyl groups is 1. The fraction of sp³-hybridized carbons (Fsp3) is 0.667. The van der Waals surface area contributed by atoms with Crippen LogP contribution in [0.25, 0.3) is 0 Å². The molecule has 3 N–H and O–H groups in total. The fourth-order valence-corrected chi connectivity index (χ4v) is 2.20. The number of hydrogen-bond donors (Lipinski definition) is 3. The molecule has 1 heterocycles. The molecule has 0 radical (unpaired) electrons. The molecular formula is C18H29N5O8. The molecule has 1 aromatic heterocycles. The minimum atomic E-state index is -1.42. The van der Waals surface area contributed by atoms with Crippen LogP contribution in [0, 0.1) is 10.1 Å². The molecule has 1 atom stereocenters. The third-order valence-electron chi connectivity index (χ3n) is 4.40. The molecule has 0 spiro atoms. The van der Waals surface area contributed by atoms with Crippen molar-refractivity contribution in [3.8, 4) is 0 Å². The first-order valence-electron chi connectivity index (χ1n) is 9.48. The van der Waals surface area contributed by atoms with Gasteiger partial charge in [0, 0.05) is 6.54 Å². The van der Waals surface area contributed by atoms with Gasteiger partial charge in [-0.3, -0.25) is 14.4 Å². The first-order chi connectivity index (χ1) is 14.3. The molecule has 0 aliphatic carbocycles. The lowest BCUT2D eigenvalue weighted by molar-refractivity contribution is -0.397. The van der Waals surface area contributed by atoms with Crippen LogP contribution < -0.4 is 10.8 Å². The molecule has 0 aliphatic rings. The molecule has 0 bridgehead atoms. The van der Waals surface area contributed by atoms with Crippen LogP contribution in [-0.4, -0.2) is 74.1 Å². The summed E-state index contributed by atoms with van der Waals surface area (Å²) in [6.45, 7) is 7.40. The Balaban J connectivity index is 2.43. The van der Waals surface area contributed by atoms with Crippen LogP contribution in [0.15, 0.2) is 12.4 Å². The number of hydroxylamine groups is 1. The van der Waals surface area contributed by atoms with E-state index in [1.807, 2.05) is 0 Å². The van der Waals surface area contributed by atoms with E-state index in [2.05, 4.69) is 15.8 Å². The molecule has 0 saturated carbocycles. The Morgan fingerprint density at radius 2 is 1.94 bits per heavy atom. The number of nitrogens with one attached hydrogen (secondary N) is 2. The maximum atomic E-state index is 12.3. The maximum absolute atomic E-state index is 12.3. The number of nitrogens with zero attached hydrogens (tertiary/aromatic N) is 3. The molecule has 1 rings (SSSR count). The number of ketones is 2. The van der Waals surface area contributed by atoms with Crippen LogP contribution in [0.5, 0.6) is 0 Å². The number of aromatic nitrogens is 2. The first kappa shape index (κ1) is 26.3.